The number of rotatable bonds is 0. The van der Waals surface area contributed by atoms with Crippen molar-refractivity contribution in [1.29, 1.82) is 0 Å². The van der Waals surface area contributed by atoms with Crippen LogP contribution in [-0.4, -0.2) is 124 Å². The predicted octanol–water partition coefficient (Wildman–Crippen LogP) is -15.2. The molecule has 0 bridgehead atoms. The second-order valence-electron chi connectivity index (χ2n) is 1.02. The Hall–Kier alpha value is 10.3. The normalized spacial score (nSPS) is 5.15. The van der Waals surface area contributed by atoms with Crippen molar-refractivity contribution in [3.05, 3.63) is 0 Å². The summed E-state index contributed by atoms with van der Waals surface area (Å²) in [6, 6.07) is 0. The molecule has 0 aliphatic carbocycles. The molecule has 0 aromatic carbocycles. The third-order valence-electron chi connectivity index (χ3n) is 0. The molecule has 34 heteroatoms. The zero-order valence-corrected chi connectivity index (χ0v) is 56.8. The quantitative estimate of drug-likeness (QED) is 0.204. The van der Waals surface area contributed by atoms with Crippen LogP contribution in [0, 0.1) is 0 Å². The van der Waals surface area contributed by atoms with Gasteiger partial charge >= 0.3 is 356 Å². The average molecular weight is 1710 g/mol. The van der Waals surface area contributed by atoms with Crippen LogP contribution >= 0.6 is 0 Å². The molecule has 0 aliphatic heterocycles. The minimum absolute atomic E-state index is 0. The van der Waals surface area contributed by atoms with Crippen molar-refractivity contribution in [2.24, 2.45) is 0 Å². The summed E-state index contributed by atoms with van der Waals surface area (Å²) in [5.74, 6) is 0. The van der Waals surface area contributed by atoms with Gasteiger partial charge in [0.05, 0.1) is 0 Å². The fraction of sp³-hybridized carbons (Fsp3) is 0. The van der Waals surface area contributed by atoms with Gasteiger partial charge in [-0.2, -0.15) is 0 Å². The van der Waals surface area contributed by atoms with Crippen LogP contribution in [0.1, 0.15) is 0 Å². The molecule has 188 valence electrons. The van der Waals surface area contributed by atoms with E-state index in [1.807, 2.05) is 0 Å². The van der Waals surface area contributed by atoms with Crippen molar-refractivity contribution in [3.63, 3.8) is 0 Å². The maximum atomic E-state index is 8.54. The van der Waals surface area contributed by atoms with Crippen LogP contribution in [0.5, 0.6) is 0 Å². The first kappa shape index (κ1) is 130. The molecule has 0 aliphatic rings. The molecule has 0 aromatic rings. The van der Waals surface area contributed by atoms with Crippen molar-refractivity contribution in [2.75, 3.05) is 0 Å². The second-order valence-corrected chi connectivity index (χ2v) is 5.30. The van der Waals surface area contributed by atoms with E-state index in [-0.39, 0.29) is 290 Å². The van der Waals surface area contributed by atoms with E-state index in [1.54, 1.807) is 0 Å². The summed E-state index contributed by atoms with van der Waals surface area (Å²) in [7, 11) is 0. The summed E-state index contributed by atoms with van der Waals surface area (Å²) in [5, 5.41) is 0. The van der Waals surface area contributed by atoms with E-state index in [0.717, 1.165) is 0 Å². The van der Waals surface area contributed by atoms with Crippen LogP contribution in [0.25, 0.3) is 0 Å². The largest absolute Gasteiger partial charge is 3.00 e. The molecule has 0 rings (SSSR count). The van der Waals surface area contributed by atoms with E-state index < -0.39 is 72.5 Å². The molecule has 34 heavy (non-hydrogen) atoms. The van der Waals surface area contributed by atoms with Crippen LogP contribution in [0.2, 0.25) is 0 Å². The first-order valence-corrected chi connectivity index (χ1v) is 13.0. The molecule has 0 unspecified atom stereocenters. The van der Waals surface area contributed by atoms with Crippen LogP contribution in [-0.2, 0) is 257 Å². The summed E-state index contributed by atoms with van der Waals surface area (Å²) in [6.07, 6.45) is 0. The van der Waals surface area contributed by atoms with Gasteiger partial charge in [0.2, 0.25) is 0 Å². The van der Waals surface area contributed by atoms with E-state index in [0.29, 0.717) is 0 Å². The Morgan fingerprint density at radius 2 is 0.294 bits per heavy atom. The van der Waals surface area contributed by atoms with E-state index >= 15 is 0 Å². The molecular weight excluding hydrogens is 1710 g/mol. The fourth-order valence-electron chi connectivity index (χ4n) is 0. The van der Waals surface area contributed by atoms with Gasteiger partial charge in [-0.05, 0) is 0 Å². The Balaban J connectivity index is -0.00000000441. The fourth-order valence-corrected chi connectivity index (χ4v) is 0. The Bertz CT molecular complexity index is 260. The molecule has 0 fully saturated rings. The minimum Gasteiger partial charge on any atom is -2.00 e. The van der Waals surface area contributed by atoms with Crippen LogP contribution < -0.4 is 41.9 Å². The molecule has 2 radical (unpaired) electrons. The van der Waals surface area contributed by atoms with Gasteiger partial charge < -0.3 is 67.5 Å². The summed E-state index contributed by atoms with van der Waals surface area (Å²) < 4.78 is 128. The standard InChI is InChI=1S/5Cd.2Cu.2In.5H2O3Se.5S/c;;;;;;;;;5*1-4(2)3;;;;;/h;;;;;;;;;5*(H2,1,2,3);;;;;/q7*+2;2*+3;;;;;;5*-2/p-10. The summed E-state index contributed by atoms with van der Waals surface area (Å²) in [4.78, 5) is 0. The molecule has 0 N–H and O–H groups in total. The molecule has 0 saturated heterocycles. The Labute approximate surface area is 413 Å². The molecule has 0 spiro atoms. The summed E-state index contributed by atoms with van der Waals surface area (Å²) in [6.45, 7) is 0. The second kappa shape index (κ2) is 121. The van der Waals surface area contributed by atoms with E-state index in [4.69, 9.17) is 61.1 Å². The van der Waals surface area contributed by atoms with Crippen molar-refractivity contribution in [2.45, 2.75) is 0 Å². The SMILES string of the molecule is O=[Se]([O-])[O-].O=[Se]([O-])[O-].O=[Se]([O-])[O-].O=[Se]([O-])[O-].O=[Se]([O-])[O-].[Cd+2].[Cd+2].[Cd+2].[Cd+2].[Cd+2].[Cu+2].[Cu+2].[In+3].[In+3].[S-2].[S-2].[S-2].[S-2].[S-2]. The third kappa shape index (κ3) is 677. The molecule has 0 amide bonds. The molecule has 0 heterocycles. The van der Waals surface area contributed by atoms with Gasteiger partial charge in [-0.1, -0.05) is 0 Å². The summed E-state index contributed by atoms with van der Waals surface area (Å²) in [5.41, 5.74) is 0. The number of hydrogen-bond acceptors (Lipinski definition) is 15. The average Bonchev–Trinajstić information content (AvgIpc) is 1.94. The van der Waals surface area contributed by atoms with E-state index in [2.05, 4.69) is 0 Å². The summed E-state index contributed by atoms with van der Waals surface area (Å²) >= 11 is -19.0. The molecule has 0 aromatic heterocycles. The molecule has 0 saturated carbocycles. The van der Waals surface area contributed by atoms with Crippen molar-refractivity contribution in [1.82, 2.24) is 0 Å². The monoisotopic (exact) mass is 1720 g/mol. The topological polar surface area (TPSA) is 316 Å². The van der Waals surface area contributed by atoms with Gasteiger partial charge in [0.25, 0.3) is 0 Å². The van der Waals surface area contributed by atoms with Gasteiger partial charge in [0.15, 0.2) is 0 Å². The number of hydrogen-bond donors (Lipinski definition) is 0. The van der Waals surface area contributed by atoms with E-state index in [1.165, 1.54) is 0 Å². The van der Waals surface area contributed by atoms with Crippen molar-refractivity contribution >= 4 is 192 Å². The maximum absolute atomic E-state index is 8.54. The van der Waals surface area contributed by atoms with Crippen LogP contribution in [0.4, 0.5) is 0 Å². The first-order chi connectivity index (χ1) is 8.66. The maximum Gasteiger partial charge on any atom is 3.00 e. The van der Waals surface area contributed by atoms with Crippen molar-refractivity contribution in [3.8, 4) is 0 Å². The van der Waals surface area contributed by atoms with Crippen LogP contribution in [0.3, 0.4) is 0 Å². The smallest absolute Gasteiger partial charge is 2.00 e. The first-order valence-electron chi connectivity index (χ1n) is 2.50. The predicted molar refractivity (Wildman–Crippen MR) is 80.5 cm³/mol. The molecule has 0 atom stereocenters. The van der Waals surface area contributed by atoms with E-state index in [9.17, 15) is 0 Å². The van der Waals surface area contributed by atoms with Crippen LogP contribution in [0.15, 0.2) is 0 Å². The van der Waals surface area contributed by atoms with Crippen molar-refractivity contribution < 1.29 is 232 Å². The zero-order chi connectivity index (χ0) is 17.9. The van der Waals surface area contributed by atoms with Gasteiger partial charge in [0.1, 0.15) is 0 Å². The van der Waals surface area contributed by atoms with Gasteiger partial charge in [-0.25, -0.2) is 0 Å². The Morgan fingerprint density at radius 3 is 0.294 bits per heavy atom. The van der Waals surface area contributed by atoms with Gasteiger partial charge in [0, 0.05) is 0 Å². The Kier molecular flexibility index (Phi) is 462. The molecular formula is Cd5Cu2In2O15S5Se5. The zero-order valence-electron chi connectivity index (χ0n) is 15.5. The third-order valence-corrected chi connectivity index (χ3v) is 0. The van der Waals surface area contributed by atoms with Gasteiger partial charge in [-0.3, -0.25) is 0 Å². The molecule has 15 nitrogen and oxygen atoms in total. The van der Waals surface area contributed by atoms with Gasteiger partial charge in [-0.15, -0.1) is 0 Å². The minimum atomic E-state index is -3.79. The Morgan fingerprint density at radius 1 is 0.294 bits per heavy atom.